The van der Waals surface area contributed by atoms with Crippen molar-refractivity contribution in [3.05, 3.63) is 59.2 Å². The van der Waals surface area contributed by atoms with Gasteiger partial charge in [0.25, 0.3) is 0 Å². The van der Waals surface area contributed by atoms with E-state index in [-0.39, 0.29) is 24.4 Å². The SMILES string of the molecule is C=C(CO)C(=O)OCC(COC(=O)C(=C)CO)c1ccc(C2CCC(CCCCC)CC2)c(CC)c1. The third-order valence-corrected chi connectivity index (χ3v) is 7.31. The van der Waals surface area contributed by atoms with Crippen LogP contribution in [0, 0.1) is 5.92 Å². The van der Waals surface area contributed by atoms with Crippen LogP contribution < -0.4 is 0 Å². The van der Waals surface area contributed by atoms with Crippen molar-refractivity contribution in [3.63, 3.8) is 0 Å². The van der Waals surface area contributed by atoms with E-state index in [1.165, 1.54) is 62.5 Å². The van der Waals surface area contributed by atoms with Gasteiger partial charge in [-0.3, -0.25) is 0 Å². The molecule has 0 aromatic heterocycles. The molecule has 1 saturated carbocycles. The number of aliphatic hydroxyl groups excluding tert-OH is 2. The molecule has 1 aliphatic carbocycles. The highest BCUT2D eigenvalue weighted by Gasteiger charge is 2.25. The zero-order valence-electron chi connectivity index (χ0n) is 22.1. The third kappa shape index (κ3) is 8.90. The molecule has 1 fully saturated rings. The lowest BCUT2D eigenvalue weighted by molar-refractivity contribution is -0.142. The molecule has 2 N–H and O–H groups in total. The van der Waals surface area contributed by atoms with E-state index in [9.17, 15) is 9.59 Å². The molecule has 36 heavy (non-hydrogen) atoms. The van der Waals surface area contributed by atoms with Crippen molar-refractivity contribution in [3.8, 4) is 0 Å². The predicted octanol–water partition coefficient (Wildman–Crippen LogP) is 5.37. The van der Waals surface area contributed by atoms with Gasteiger partial charge < -0.3 is 19.7 Å². The van der Waals surface area contributed by atoms with Crippen molar-refractivity contribution in [2.24, 2.45) is 5.92 Å². The number of rotatable bonds is 15. The molecule has 2 rings (SSSR count). The largest absolute Gasteiger partial charge is 0.461 e. The van der Waals surface area contributed by atoms with E-state index >= 15 is 0 Å². The molecular formula is C30H44O6. The van der Waals surface area contributed by atoms with Gasteiger partial charge in [0.15, 0.2) is 0 Å². The molecule has 0 unspecified atom stereocenters. The molecule has 0 heterocycles. The Balaban J connectivity index is 2.14. The number of benzene rings is 1. The van der Waals surface area contributed by atoms with Gasteiger partial charge in [-0.1, -0.05) is 70.9 Å². The Morgan fingerprint density at radius 1 is 0.944 bits per heavy atom. The quantitative estimate of drug-likeness (QED) is 0.191. The van der Waals surface area contributed by atoms with E-state index in [4.69, 9.17) is 19.7 Å². The van der Waals surface area contributed by atoms with Crippen molar-refractivity contribution in [1.82, 2.24) is 0 Å². The van der Waals surface area contributed by atoms with Crippen LogP contribution in [0.3, 0.4) is 0 Å². The first-order chi connectivity index (χ1) is 17.3. The summed E-state index contributed by atoms with van der Waals surface area (Å²) in [4.78, 5) is 24.1. The van der Waals surface area contributed by atoms with Crippen LogP contribution >= 0.6 is 0 Å². The summed E-state index contributed by atoms with van der Waals surface area (Å²) in [7, 11) is 0. The van der Waals surface area contributed by atoms with E-state index in [1.807, 2.05) is 6.07 Å². The Bertz CT molecular complexity index is 849. The summed E-state index contributed by atoms with van der Waals surface area (Å²) in [6.45, 7) is 10.4. The normalized spacial score (nSPS) is 17.6. The van der Waals surface area contributed by atoms with Crippen LogP contribution in [0.5, 0.6) is 0 Å². The van der Waals surface area contributed by atoms with Gasteiger partial charge in [-0.15, -0.1) is 0 Å². The van der Waals surface area contributed by atoms with E-state index in [1.54, 1.807) is 0 Å². The maximum absolute atomic E-state index is 12.1. The van der Waals surface area contributed by atoms with Crippen molar-refractivity contribution in [1.29, 1.82) is 0 Å². The first-order valence-corrected chi connectivity index (χ1v) is 13.4. The topological polar surface area (TPSA) is 93.1 Å². The number of carbonyl (C=O) groups excluding carboxylic acids is 2. The van der Waals surface area contributed by atoms with Crippen LogP contribution in [0.4, 0.5) is 0 Å². The molecular weight excluding hydrogens is 456 g/mol. The fourth-order valence-electron chi connectivity index (χ4n) is 4.96. The molecule has 1 aliphatic rings. The summed E-state index contributed by atoms with van der Waals surface area (Å²) in [5.41, 5.74) is 3.50. The second kappa shape index (κ2) is 15.6. The molecule has 0 saturated heterocycles. The van der Waals surface area contributed by atoms with E-state index in [0.29, 0.717) is 5.92 Å². The fourth-order valence-corrected chi connectivity index (χ4v) is 4.96. The van der Waals surface area contributed by atoms with Crippen LogP contribution in [0.2, 0.25) is 0 Å². The summed E-state index contributed by atoms with van der Waals surface area (Å²) < 4.78 is 10.7. The highest BCUT2D eigenvalue weighted by Crippen LogP contribution is 2.39. The highest BCUT2D eigenvalue weighted by atomic mass is 16.5. The third-order valence-electron chi connectivity index (χ3n) is 7.31. The molecule has 6 heteroatoms. The number of esters is 2. The Labute approximate surface area is 216 Å². The van der Waals surface area contributed by atoms with Crippen molar-refractivity contribution < 1.29 is 29.3 Å². The van der Waals surface area contributed by atoms with E-state index in [0.717, 1.165) is 17.9 Å². The van der Waals surface area contributed by atoms with Crippen LogP contribution in [0.15, 0.2) is 42.5 Å². The summed E-state index contributed by atoms with van der Waals surface area (Å²) >= 11 is 0. The van der Waals surface area contributed by atoms with Crippen LogP contribution in [-0.4, -0.2) is 48.6 Å². The van der Waals surface area contributed by atoms with Gasteiger partial charge in [0.2, 0.25) is 0 Å². The van der Waals surface area contributed by atoms with Gasteiger partial charge in [0.1, 0.15) is 13.2 Å². The average molecular weight is 501 g/mol. The van der Waals surface area contributed by atoms with Crippen LogP contribution in [0.25, 0.3) is 0 Å². The summed E-state index contributed by atoms with van der Waals surface area (Å²) in [6, 6.07) is 6.36. The van der Waals surface area contributed by atoms with Crippen LogP contribution in [0.1, 0.15) is 93.7 Å². The molecule has 6 nitrogen and oxygen atoms in total. The van der Waals surface area contributed by atoms with Gasteiger partial charge in [0, 0.05) is 0 Å². The minimum Gasteiger partial charge on any atom is -0.461 e. The molecule has 1 aromatic rings. The number of carbonyl (C=O) groups is 2. The Morgan fingerprint density at radius 3 is 2.03 bits per heavy atom. The van der Waals surface area contributed by atoms with Crippen molar-refractivity contribution in [2.45, 2.75) is 83.5 Å². The Morgan fingerprint density at radius 2 is 1.53 bits per heavy atom. The predicted molar refractivity (Wildman–Crippen MR) is 142 cm³/mol. The number of hydrogen-bond donors (Lipinski definition) is 2. The molecule has 0 radical (unpaired) electrons. The monoisotopic (exact) mass is 500 g/mol. The first kappa shape index (κ1) is 29.8. The first-order valence-electron chi connectivity index (χ1n) is 13.4. The van der Waals surface area contributed by atoms with Crippen molar-refractivity contribution >= 4 is 11.9 Å². The number of ether oxygens (including phenoxy) is 2. The minimum absolute atomic E-state index is 0.0257. The lowest BCUT2D eigenvalue weighted by atomic mass is 9.75. The van der Waals surface area contributed by atoms with Gasteiger partial charge in [-0.2, -0.15) is 0 Å². The molecule has 0 bridgehead atoms. The number of hydrogen-bond acceptors (Lipinski definition) is 6. The second-order valence-electron chi connectivity index (χ2n) is 9.94. The number of aliphatic hydroxyl groups is 2. The van der Waals surface area contributed by atoms with Gasteiger partial charge >= 0.3 is 11.9 Å². The molecule has 0 amide bonds. The summed E-state index contributed by atoms with van der Waals surface area (Å²) in [5, 5.41) is 18.3. The smallest absolute Gasteiger partial charge is 0.335 e. The molecule has 0 aliphatic heterocycles. The maximum Gasteiger partial charge on any atom is 0.335 e. The minimum atomic E-state index is -0.684. The molecule has 0 atom stereocenters. The Kier molecular flexibility index (Phi) is 12.9. The zero-order chi connectivity index (χ0) is 26.5. The lowest BCUT2D eigenvalue weighted by Crippen LogP contribution is -2.22. The van der Waals surface area contributed by atoms with Gasteiger partial charge in [-0.05, 0) is 60.6 Å². The van der Waals surface area contributed by atoms with E-state index in [2.05, 4.69) is 39.1 Å². The van der Waals surface area contributed by atoms with E-state index < -0.39 is 31.1 Å². The average Bonchev–Trinajstić information content (AvgIpc) is 2.91. The number of aryl methyl sites for hydroxylation is 1. The van der Waals surface area contributed by atoms with Gasteiger partial charge in [0.05, 0.1) is 30.3 Å². The van der Waals surface area contributed by atoms with Gasteiger partial charge in [-0.25, -0.2) is 9.59 Å². The molecule has 0 spiro atoms. The second-order valence-corrected chi connectivity index (χ2v) is 9.94. The fraction of sp³-hybridized carbons (Fsp3) is 0.600. The molecule has 1 aromatic carbocycles. The zero-order valence-corrected chi connectivity index (χ0v) is 22.1. The number of unbranched alkanes of at least 4 members (excludes halogenated alkanes) is 2. The van der Waals surface area contributed by atoms with Crippen LogP contribution in [-0.2, 0) is 25.5 Å². The Hall–Kier alpha value is -2.44. The standard InChI is InChI=1S/C30H44O6/c1-5-7-8-9-23-10-12-25(13-11-23)28-15-14-26(16-24(28)6-2)27(19-35-29(33)21(3)17-31)20-36-30(34)22(4)18-32/h14-16,23,25,27,31-32H,3-13,17-20H2,1-2H3. The summed E-state index contributed by atoms with van der Waals surface area (Å²) in [6.07, 6.45) is 11.2. The summed E-state index contributed by atoms with van der Waals surface area (Å²) in [5.74, 6) is -0.350. The molecule has 200 valence electrons. The highest BCUT2D eigenvalue weighted by molar-refractivity contribution is 5.88. The van der Waals surface area contributed by atoms with Crippen molar-refractivity contribution in [2.75, 3.05) is 26.4 Å². The lowest BCUT2D eigenvalue weighted by Gasteiger charge is -2.30. The maximum atomic E-state index is 12.1.